The molecule has 0 unspecified atom stereocenters. The van der Waals surface area contributed by atoms with E-state index in [0.29, 0.717) is 11.0 Å². The summed E-state index contributed by atoms with van der Waals surface area (Å²) in [6, 6.07) is 5.69. The molecule has 0 amide bonds. The van der Waals surface area contributed by atoms with Crippen LogP contribution in [0.15, 0.2) is 41.3 Å². The highest BCUT2D eigenvalue weighted by atomic mass is 19.1. The first-order valence-corrected chi connectivity index (χ1v) is 4.54. The lowest BCUT2D eigenvalue weighted by Gasteiger charge is -1.89. The van der Waals surface area contributed by atoms with E-state index < -0.39 is 0 Å². The van der Waals surface area contributed by atoms with E-state index in [9.17, 15) is 9.18 Å². The minimum atomic E-state index is -0.342. The Morgan fingerprint density at radius 3 is 3.00 bits per heavy atom. The number of halogens is 1. The maximum atomic E-state index is 12.9. The second kappa shape index (κ2) is 3.69. The molecule has 2 nitrogen and oxygen atoms in total. The Kier molecular flexibility index (Phi) is 2.37. The van der Waals surface area contributed by atoms with Crippen molar-refractivity contribution in [3.05, 3.63) is 48.5 Å². The molecule has 0 bridgehead atoms. The second-order valence-corrected chi connectivity index (χ2v) is 3.21. The average molecular weight is 204 g/mol. The molecule has 0 spiro atoms. The molecule has 0 saturated carbocycles. The number of benzene rings is 1. The van der Waals surface area contributed by atoms with Crippen LogP contribution in [0.4, 0.5) is 4.39 Å². The number of fused-ring (bicyclic) bond motifs is 1. The summed E-state index contributed by atoms with van der Waals surface area (Å²) >= 11 is 0. The highest BCUT2D eigenvalue weighted by Crippen LogP contribution is 2.21. The summed E-state index contributed by atoms with van der Waals surface area (Å²) in [6.45, 7) is 3.47. The monoisotopic (exact) mass is 204 g/mol. The van der Waals surface area contributed by atoms with Gasteiger partial charge in [-0.1, -0.05) is 6.08 Å². The van der Waals surface area contributed by atoms with Crippen molar-refractivity contribution in [3.8, 4) is 0 Å². The van der Waals surface area contributed by atoms with Crippen molar-refractivity contribution in [2.45, 2.75) is 6.42 Å². The molecule has 0 N–H and O–H groups in total. The maximum absolute atomic E-state index is 12.9. The van der Waals surface area contributed by atoms with Gasteiger partial charge in [-0.3, -0.25) is 4.79 Å². The first-order chi connectivity index (χ1) is 7.20. The molecule has 1 aromatic heterocycles. The molecule has 0 saturated heterocycles. The van der Waals surface area contributed by atoms with E-state index in [1.807, 2.05) is 0 Å². The predicted molar refractivity (Wildman–Crippen MR) is 55.3 cm³/mol. The van der Waals surface area contributed by atoms with Gasteiger partial charge in [-0.25, -0.2) is 4.39 Å². The van der Waals surface area contributed by atoms with Crippen molar-refractivity contribution in [2.75, 3.05) is 0 Å². The van der Waals surface area contributed by atoms with Gasteiger partial charge in [0.2, 0.25) is 5.78 Å². The Labute approximate surface area is 86.0 Å². The SMILES string of the molecule is C=CCC(=O)c1cc2cc(F)ccc2o1. The fraction of sp³-hybridized carbons (Fsp3) is 0.0833. The van der Waals surface area contributed by atoms with E-state index in [-0.39, 0.29) is 23.8 Å². The Bertz CT molecular complexity index is 525. The van der Waals surface area contributed by atoms with Crippen LogP contribution in [0.25, 0.3) is 11.0 Å². The number of hydrogen-bond acceptors (Lipinski definition) is 2. The number of ketones is 1. The summed E-state index contributed by atoms with van der Waals surface area (Å²) in [5.41, 5.74) is 0.517. The van der Waals surface area contributed by atoms with Crippen LogP contribution in [0.5, 0.6) is 0 Å². The first kappa shape index (κ1) is 9.65. The van der Waals surface area contributed by atoms with Crippen molar-refractivity contribution < 1.29 is 13.6 Å². The minimum Gasteiger partial charge on any atom is -0.453 e. The van der Waals surface area contributed by atoms with Gasteiger partial charge in [0.25, 0.3) is 0 Å². The molecule has 3 heteroatoms. The van der Waals surface area contributed by atoms with Gasteiger partial charge in [-0.05, 0) is 24.3 Å². The molecule has 2 aromatic rings. The van der Waals surface area contributed by atoms with Crippen LogP contribution in [-0.2, 0) is 0 Å². The highest BCUT2D eigenvalue weighted by Gasteiger charge is 2.10. The fourth-order valence-corrected chi connectivity index (χ4v) is 1.38. The quantitative estimate of drug-likeness (QED) is 0.567. The number of hydrogen-bond donors (Lipinski definition) is 0. The molecule has 76 valence electrons. The molecule has 15 heavy (non-hydrogen) atoms. The van der Waals surface area contributed by atoms with Crippen LogP contribution in [0.1, 0.15) is 17.0 Å². The molecule has 2 rings (SSSR count). The maximum Gasteiger partial charge on any atom is 0.201 e. The first-order valence-electron chi connectivity index (χ1n) is 4.54. The van der Waals surface area contributed by atoms with E-state index in [2.05, 4.69) is 6.58 Å². The smallest absolute Gasteiger partial charge is 0.201 e. The van der Waals surface area contributed by atoms with Crippen molar-refractivity contribution >= 4 is 16.8 Å². The highest BCUT2D eigenvalue weighted by molar-refractivity contribution is 5.98. The van der Waals surface area contributed by atoms with Gasteiger partial charge in [-0.2, -0.15) is 0 Å². The largest absolute Gasteiger partial charge is 0.453 e. The van der Waals surface area contributed by atoms with Crippen molar-refractivity contribution in [3.63, 3.8) is 0 Å². The fourth-order valence-electron chi connectivity index (χ4n) is 1.38. The van der Waals surface area contributed by atoms with Gasteiger partial charge < -0.3 is 4.42 Å². The van der Waals surface area contributed by atoms with Crippen LogP contribution in [-0.4, -0.2) is 5.78 Å². The van der Waals surface area contributed by atoms with Gasteiger partial charge in [-0.15, -0.1) is 6.58 Å². The molecular weight excluding hydrogens is 195 g/mol. The molecule has 0 atom stereocenters. The van der Waals surface area contributed by atoms with Crippen molar-refractivity contribution in [1.29, 1.82) is 0 Å². The molecule has 0 radical (unpaired) electrons. The average Bonchev–Trinajstić information content (AvgIpc) is 2.60. The summed E-state index contributed by atoms with van der Waals surface area (Å²) in [5.74, 6) is -0.247. The van der Waals surface area contributed by atoms with Crippen molar-refractivity contribution in [2.24, 2.45) is 0 Å². The van der Waals surface area contributed by atoms with Gasteiger partial charge in [0, 0.05) is 11.8 Å². The number of rotatable bonds is 3. The summed E-state index contributed by atoms with van der Waals surface area (Å²) in [7, 11) is 0. The van der Waals surface area contributed by atoms with Gasteiger partial charge >= 0.3 is 0 Å². The van der Waals surface area contributed by atoms with E-state index in [1.54, 1.807) is 6.07 Å². The lowest BCUT2D eigenvalue weighted by molar-refractivity contribution is 0.0971. The third kappa shape index (κ3) is 1.81. The summed E-state index contributed by atoms with van der Waals surface area (Å²) in [5, 5.41) is 0.599. The zero-order valence-corrected chi connectivity index (χ0v) is 8.00. The third-order valence-corrected chi connectivity index (χ3v) is 2.08. The van der Waals surface area contributed by atoms with Crippen LogP contribution in [0.2, 0.25) is 0 Å². The number of allylic oxidation sites excluding steroid dienone is 1. The number of Topliss-reactive ketones (excluding diaryl/α,β-unsaturated/α-hetero) is 1. The Morgan fingerprint density at radius 2 is 2.27 bits per heavy atom. The van der Waals surface area contributed by atoms with E-state index in [0.717, 1.165) is 0 Å². The normalized spacial score (nSPS) is 10.5. The molecular formula is C12H9FO2. The molecule has 0 aliphatic heterocycles. The summed E-state index contributed by atoms with van der Waals surface area (Å²) < 4.78 is 18.1. The summed E-state index contributed by atoms with van der Waals surface area (Å²) in [6.07, 6.45) is 1.73. The predicted octanol–water partition coefficient (Wildman–Crippen LogP) is 3.33. The molecule has 0 aliphatic carbocycles. The molecule has 0 aliphatic rings. The van der Waals surface area contributed by atoms with E-state index in [1.165, 1.54) is 24.3 Å². The lowest BCUT2D eigenvalue weighted by atomic mass is 10.2. The van der Waals surface area contributed by atoms with Crippen molar-refractivity contribution in [1.82, 2.24) is 0 Å². The Balaban J connectivity index is 2.47. The second-order valence-electron chi connectivity index (χ2n) is 3.21. The molecule has 1 heterocycles. The Morgan fingerprint density at radius 1 is 1.47 bits per heavy atom. The molecule has 1 aromatic carbocycles. The molecule has 0 fully saturated rings. The van der Waals surface area contributed by atoms with Crippen LogP contribution < -0.4 is 0 Å². The van der Waals surface area contributed by atoms with Gasteiger partial charge in [0.15, 0.2) is 5.76 Å². The van der Waals surface area contributed by atoms with Crippen LogP contribution in [0, 0.1) is 5.82 Å². The number of carbonyl (C=O) groups excluding carboxylic acids is 1. The van der Waals surface area contributed by atoms with Crippen LogP contribution in [0.3, 0.4) is 0 Å². The number of carbonyl (C=O) groups is 1. The summed E-state index contributed by atoms with van der Waals surface area (Å²) in [4.78, 5) is 11.4. The Hall–Kier alpha value is -1.90. The van der Waals surface area contributed by atoms with E-state index in [4.69, 9.17) is 4.42 Å². The third-order valence-electron chi connectivity index (χ3n) is 2.08. The van der Waals surface area contributed by atoms with Gasteiger partial charge in [0.1, 0.15) is 11.4 Å². The van der Waals surface area contributed by atoms with Crippen LogP contribution >= 0.6 is 0 Å². The topological polar surface area (TPSA) is 30.2 Å². The number of furan rings is 1. The lowest BCUT2D eigenvalue weighted by Crippen LogP contribution is -1.93. The van der Waals surface area contributed by atoms with E-state index >= 15 is 0 Å². The zero-order chi connectivity index (χ0) is 10.8. The van der Waals surface area contributed by atoms with Gasteiger partial charge in [0.05, 0.1) is 0 Å². The minimum absolute atomic E-state index is 0.151. The zero-order valence-electron chi connectivity index (χ0n) is 8.00. The standard InChI is InChI=1S/C12H9FO2/c1-2-3-10(14)12-7-8-6-9(13)4-5-11(8)15-12/h2,4-7H,1,3H2.